The van der Waals surface area contributed by atoms with E-state index in [9.17, 15) is 40.3 Å². The van der Waals surface area contributed by atoms with Crippen molar-refractivity contribution in [3.63, 3.8) is 0 Å². The van der Waals surface area contributed by atoms with Crippen molar-refractivity contribution in [3.8, 4) is 0 Å². The monoisotopic (exact) mass is 613 g/mol. The zero-order valence-corrected chi connectivity index (χ0v) is 21.1. The lowest BCUT2D eigenvalue weighted by molar-refractivity contribution is -0.140. The maximum atomic E-state index is 14.0. The van der Waals surface area contributed by atoms with Crippen LogP contribution in [0, 0.1) is 29.2 Å². The van der Waals surface area contributed by atoms with Gasteiger partial charge in [0.1, 0.15) is 10.2 Å². The second-order valence-corrected chi connectivity index (χ2v) is 10.3. The Morgan fingerprint density at radius 2 is 1.56 bits per heavy atom. The molecule has 2 amide bonds. The van der Waals surface area contributed by atoms with Gasteiger partial charge in [0.15, 0.2) is 17.5 Å². The molecule has 0 spiro atoms. The highest BCUT2D eigenvalue weighted by molar-refractivity contribution is 6.53. The molecule has 1 aliphatic carbocycles. The molecule has 5 nitrogen and oxygen atoms in total. The van der Waals surface area contributed by atoms with E-state index in [1.54, 1.807) is 0 Å². The predicted molar refractivity (Wildman–Crippen MR) is 131 cm³/mol. The highest BCUT2D eigenvalue weighted by Gasteiger charge is 2.67. The smallest absolute Gasteiger partial charge is 0.396 e. The molecule has 1 fully saturated rings. The van der Waals surface area contributed by atoms with Crippen molar-refractivity contribution in [2.24, 2.45) is 5.92 Å². The van der Waals surface area contributed by atoms with Crippen LogP contribution in [0.3, 0.4) is 0 Å². The number of amides is 2. The Balaban J connectivity index is 1.54. The van der Waals surface area contributed by atoms with E-state index in [-0.39, 0.29) is 21.8 Å². The summed E-state index contributed by atoms with van der Waals surface area (Å²) in [6.45, 7) is 0. The second-order valence-electron chi connectivity index (χ2n) is 8.46. The maximum absolute atomic E-state index is 14.0. The highest BCUT2D eigenvalue weighted by Crippen LogP contribution is 2.65. The highest BCUT2D eigenvalue weighted by atomic mass is 35.5. The van der Waals surface area contributed by atoms with E-state index < -0.39 is 74.4 Å². The van der Waals surface area contributed by atoms with Gasteiger partial charge in [-0.25, -0.2) is 17.6 Å². The molecule has 1 aliphatic rings. The molecule has 0 bridgehead atoms. The molecule has 4 N–H and O–H groups in total. The number of benzene rings is 3. The minimum atomic E-state index is -5.00. The van der Waals surface area contributed by atoms with Crippen LogP contribution in [0.1, 0.15) is 27.4 Å². The maximum Gasteiger partial charge on any atom is 0.419 e. The van der Waals surface area contributed by atoms with Gasteiger partial charge in [-0.2, -0.15) is 13.2 Å². The summed E-state index contributed by atoms with van der Waals surface area (Å²) >= 11 is 18.3. The van der Waals surface area contributed by atoms with Gasteiger partial charge in [-0.15, -0.1) is 23.2 Å². The van der Waals surface area contributed by atoms with Gasteiger partial charge in [0, 0.05) is 11.6 Å². The van der Waals surface area contributed by atoms with Crippen molar-refractivity contribution >= 4 is 63.7 Å². The Hall–Kier alpha value is -3.22. The Labute approximate surface area is 230 Å². The molecule has 39 heavy (non-hydrogen) atoms. The van der Waals surface area contributed by atoms with Crippen LogP contribution in [0.4, 0.5) is 47.8 Å². The van der Waals surface area contributed by atoms with Gasteiger partial charge in [0.25, 0.3) is 5.91 Å². The first-order valence-electron chi connectivity index (χ1n) is 10.6. The van der Waals surface area contributed by atoms with E-state index in [0.29, 0.717) is 18.2 Å². The molecule has 3 aromatic carbocycles. The molecule has 15 heteroatoms. The number of nitrogens with two attached hydrogens (primary N) is 1. The molecule has 3 aromatic rings. The average Bonchev–Trinajstić information content (AvgIpc) is 3.43. The fourth-order valence-electron chi connectivity index (χ4n) is 3.92. The molecule has 0 aliphatic heterocycles. The lowest BCUT2D eigenvalue weighted by Crippen LogP contribution is -2.19. The van der Waals surface area contributed by atoms with Crippen LogP contribution >= 0.6 is 34.8 Å². The summed E-state index contributed by atoms with van der Waals surface area (Å²) in [5.74, 6) is -11.1. The van der Waals surface area contributed by atoms with Crippen LogP contribution in [-0.2, 0) is 11.0 Å². The topological polar surface area (TPSA) is 84.2 Å². The van der Waals surface area contributed by atoms with Gasteiger partial charge in [0.05, 0.1) is 33.4 Å². The lowest BCUT2D eigenvalue weighted by Gasteiger charge is -2.12. The summed E-state index contributed by atoms with van der Waals surface area (Å²) in [5.41, 5.74) is 1.64. The molecule has 0 radical (unpaired) electrons. The van der Waals surface area contributed by atoms with E-state index in [1.807, 2.05) is 5.32 Å². The summed E-state index contributed by atoms with van der Waals surface area (Å²) in [6.07, 6.45) is -5.00. The Bertz CT molecular complexity index is 1520. The number of rotatable bonds is 5. The number of carbonyl (C=O) groups is 2. The third-order valence-electron chi connectivity index (χ3n) is 5.89. The summed E-state index contributed by atoms with van der Waals surface area (Å²) < 4.78 is 92.3. The first-order chi connectivity index (χ1) is 18.0. The van der Waals surface area contributed by atoms with Gasteiger partial charge in [-0.1, -0.05) is 17.7 Å². The van der Waals surface area contributed by atoms with Crippen molar-refractivity contribution in [3.05, 3.63) is 87.4 Å². The Kier molecular flexibility index (Phi) is 7.43. The molecule has 0 heterocycles. The van der Waals surface area contributed by atoms with E-state index in [0.717, 1.165) is 12.1 Å². The van der Waals surface area contributed by atoms with Crippen molar-refractivity contribution in [1.82, 2.24) is 0 Å². The van der Waals surface area contributed by atoms with Crippen LogP contribution < -0.4 is 16.4 Å². The van der Waals surface area contributed by atoms with Crippen molar-refractivity contribution in [2.75, 3.05) is 16.4 Å². The number of nitrogen functional groups attached to an aromatic ring is 1. The number of anilines is 3. The SMILES string of the molecule is Nc1cc(NC(=O)c2cc(NC(=O)C3[C@H](c4ccc(F)c(C(F)(F)F)c4)C3(Cl)Cl)ccc2Cl)c(F)c(F)c1F. The minimum absolute atomic E-state index is 0.0512. The molecule has 206 valence electrons. The van der Waals surface area contributed by atoms with Crippen LogP contribution in [0.25, 0.3) is 0 Å². The molecule has 2 atom stereocenters. The Morgan fingerprint density at radius 1 is 0.897 bits per heavy atom. The summed E-state index contributed by atoms with van der Waals surface area (Å²) in [7, 11) is 0. The molecular formula is C24H13Cl3F7N3O2. The van der Waals surface area contributed by atoms with Gasteiger partial charge in [-0.3, -0.25) is 9.59 Å². The van der Waals surface area contributed by atoms with Gasteiger partial charge < -0.3 is 16.4 Å². The van der Waals surface area contributed by atoms with E-state index >= 15 is 0 Å². The van der Waals surface area contributed by atoms with Crippen molar-refractivity contribution in [2.45, 2.75) is 16.4 Å². The molecular weight excluding hydrogens is 602 g/mol. The van der Waals surface area contributed by atoms with Crippen LogP contribution in [-0.4, -0.2) is 16.1 Å². The minimum Gasteiger partial charge on any atom is -0.396 e. The molecule has 0 aromatic heterocycles. The Morgan fingerprint density at radius 3 is 2.21 bits per heavy atom. The van der Waals surface area contributed by atoms with Gasteiger partial charge >= 0.3 is 6.18 Å². The summed E-state index contributed by atoms with van der Waals surface area (Å²) in [5, 5.41) is 4.21. The number of carbonyl (C=O) groups excluding carboxylic acids is 2. The fraction of sp³-hybridized carbons (Fsp3) is 0.167. The molecule has 4 rings (SSSR count). The number of hydrogen-bond donors (Lipinski definition) is 3. The summed E-state index contributed by atoms with van der Waals surface area (Å²) in [4.78, 5) is 25.5. The van der Waals surface area contributed by atoms with Crippen LogP contribution in [0.2, 0.25) is 5.02 Å². The van der Waals surface area contributed by atoms with E-state index in [2.05, 4.69) is 5.32 Å². The number of nitrogens with one attached hydrogen (secondary N) is 2. The quantitative estimate of drug-likeness (QED) is 0.122. The predicted octanol–water partition coefficient (Wildman–Crippen LogP) is 7.28. The first kappa shape index (κ1) is 28.8. The lowest BCUT2D eigenvalue weighted by atomic mass is 10.0. The zero-order valence-electron chi connectivity index (χ0n) is 18.9. The third kappa shape index (κ3) is 5.45. The third-order valence-corrected chi connectivity index (χ3v) is 7.16. The fourth-order valence-corrected chi connectivity index (χ4v) is 4.95. The largest absolute Gasteiger partial charge is 0.419 e. The number of hydrogen-bond acceptors (Lipinski definition) is 3. The number of alkyl halides is 5. The van der Waals surface area contributed by atoms with E-state index in [4.69, 9.17) is 40.5 Å². The summed E-state index contributed by atoms with van der Waals surface area (Å²) in [6, 6.07) is 6.27. The van der Waals surface area contributed by atoms with E-state index in [1.165, 1.54) is 12.1 Å². The molecule has 0 saturated heterocycles. The van der Waals surface area contributed by atoms with Crippen molar-refractivity contribution in [1.29, 1.82) is 0 Å². The second kappa shape index (κ2) is 10.1. The molecule has 1 saturated carbocycles. The molecule has 1 unspecified atom stereocenters. The normalized spacial score (nSPS) is 18.0. The zero-order chi connectivity index (χ0) is 29.0. The van der Waals surface area contributed by atoms with Crippen molar-refractivity contribution < 1.29 is 40.3 Å². The standard InChI is InChI=1S/C24H13Cl3F7N3O2/c25-12-3-2-9(6-10(12)21(38)37-15-7-14(35)18(29)20(31)19(15)30)36-22(39)17-16(23(17,26)27)8-1-4-13(28)11(5-8)24(32,33)34/h1-7,16-17H,35H2,(H,36,39)(H,37,38)/t16-,17?/m0/s1. The van der Waals surface area contributed by atoms with Crippen LogP contribution in [0.15, 0.2) is 42.5 Å². The van der Waals surface area contributed by atoms with Gasteiger partial charge in [-0.05, 0) is 42.0 Å². The average molecular weight is 615 g/mol. The van der Waals surface area contributed by atoms with Crippen LogP contribution in [0.5, 0.6) is 0 Å². The van der Waals surface area contributed by atoms with Gasteiger partial charge in [0.2, 0.25) is 5.91 Å². The number of halogens is 10. The first-order valence-corrected chi connectivity index (χ1v) is 11.8.